The Bertz CT molecular complexity index is 2410. The number of nitrogens with two attached hydrogens (primary N) is 1. The van der Waals surface area contributed by atoms with Gasteiger partial charge in [0.05, 0.1) is 19.5 Å². The van der Waals surface area contributed by atoms with Crippen LogP contribution in [0.25, 0.3) is 33.4 Å². The first-order valence-corrected chi connectivity index (χ1v) is 18.5. The maximum Gasteiger partial charge on any atom is 0.481 e. The van der Waals surface area contributed by atoms with Crippen LogP contribution in [0.3, 0.4) is 0 Å². The number of imidazole rings is 1. The first-order valence-electron chi connectivity index (χ1n) is 15.5. The van der Waals surface area contributed by atoms with E-state index in [2.05, 4.69) is 38.7 Å². The van der Waals surface area contributed by atoms with Gasteiger partial charge in [-0.3, -0.25) is 23.4 Å². The second kappa shape index (κ2) is 14.6. The second-order valence-electron chi connectivity index (χ2n) is 12.1. The highest BCUT2D eigenvalue weighted by Gasteiger charge is 2.46. The lowest BCUT2D eigenvalue weighted by Crippen LogP contribution is -2.51. The number of phosphoric ester groups is 2. The molecule has 286 valence electrons. The summed E-state index contributed by atoms with van der Waals surface area (Å²) in [6.07, 6.45) is -9.88. The minimum Gasteiger partial charge on any atom is -0.388 e. The van der Waals surface area contributed by atoms with Crippen LogP contribution in [-0.4, -0.2) is 120 Å². The third-order valence-electron chi connectivity index (χ3n) is 8.46. The van der Waals surface area contributed by atoms with Gasteiger partial charge in [-0.1, -0.05) is 0 Å². The van der Waals surface area contributed by atoms with Crippen molar-refractivity contribution in [1.29, 1.82) is 0 Å². The zero-order valence-electron chi connectivity index (χ0n) is 27.5. The molecule has 0 aliphatic carbocycles. The van der Waals surface area contributed by atoms with Gasteiger partial charge in [0.25, 0.3) is 5.56 Å². The summed E-state index contributed by atoms with van der Waals surface area (Å²) in [5.74, 6) is 0.0305. The smallest absolute Gasteiger partial charge is 0.388 e. The molecule has 53 heavy (non-hydrogen) atoms. The van der Waals surface area contributed by atoms with E-state index >= 15 is 0 Å². The molecule has 11 N–H and O–H groups in total. The molecular formula is C27H34N9O15P2+. The molecule has 1 fully saturated rings. The van der Waals surface area contributed by atoms with Crippen LogP contribution in [0.15, 0.2) is 34.4 Å². The van der Waals surface area contributed by atoms with Crippen LogP contribution in [0.4, 0.5) is 5.82 Å². The van der Waals surface area contributed by atoms with Crippen molar-refractivity contribution in [3.63, 3.8) is 0 Å². The maximum atomic E-state index is 12.5. The Hall–Kier alpha value is -4.13. The molecule has 1 aliphatic heterocycles. The number of aliphatic hydroxyl groups is 5. The predicted molar refractivity (Wildman–Crippen MR) is 176 cm³/mol. The minimum atomic E-state index is -5.54. The SMILES string of the molecule is Cc1cc2nc3c(=O)[nH]c(=O)[nH]c3[n+](C[C@H](O)[C@H](O)[C@H](O)COP(=O)(O)OP(=O)(O)OC[C@H]3O[C@@H](n4cnc5c(N)ncnc54)[C@@H](O)[C@H]3O)c2cc1C. The van der Waals surface area contributed by atoms with E-state index in [1.54, 1.807) is 26.0 Å². The average Bonchev–Trinajstić information content (AvgIpc) is 3.63. The van der Waals surface area contributed by atoms with Gasteiger partial charge in [-0.05, 0) is 37.1 Å². The Balaban J connectivity index is 1.07. The molecule has 1 saturated heterocycles. The summed E-state index contributed by atoms with van der Waals surface area (Å²) in [5, 5.41) is 53.1. The monoisotopic (exact) mass is 786 g/mol. The number of nitrogens with one attached hydrogen (secondary N) is 2. The summed E-state index contributed by atoms with van der Waals surface area (Å²) in [6.45, 7) is 0.855. The molecule has 0 bridgehead atoms. The number of aryl methyl sites for hydroxylation is 2. The first kappa shape index (κ1) is 38.6. The molecule has 1 aromatic carbocycles. The molecule has 0 radical (unpaired) electrons. The van der Waals surface area contributed by atoms with Crippen molar-refractivity contribution in [2.45, 2.75) is 63.2 Å². The van der Waals surface area contributed by atoms with E-state index < -0.39 is 89.5 Å². The van der Waals surface area contributed by atoms with Crippen molar-refractivity contribution in [2.75, 3.05) is 18.9 Å². The third-order valence-corrected chi connectivity index (χ3v) is 11.1. The number of aromatic amines is 2. The van der Waals surface area contributed by atoms with E-state index in [9.17, 15) is 54.0 Å². The zero-order chi connectivity index (χ0) is 38.6. The topological polar surface area (TPSA) is 365 Å². The number of anilines is 1. The summed E-state index contributed by atoms with van der Waals surface area (Å²) in [5.41, 5.74) is 6.28. The Morgan fingerprint density at radius 2 is 1.68 bits per heavy atom. The Kier molecular flexibility index (Phi) is 10.6. The van der Waals surface area contributed by atoms with Crippen molar-refractivity contribution in [2.24, 2.45) is 0 Å². The van der Waals surface area contributed by atoms with E-state index in [1.165, 1.54) is 15.5 Å². The summed E-state index contributed by atoms with van der Waals surface area (Å²) in [7, 11) is -11.0. The average molecular weight is 787 g/mol. The molecule has 0 amide bonds. The summed E-state index contributed by atoms with van der Waals surface area (Å²) in [6, 6.07) is 3.33. The van der Waals surface area contributed by atoms with Crippen LogP contribution in [0.1, 0.15) is 17.4 Å². The lowest BCUT2D eigenvalue weighted by Gasteiger charge is -2.24. The lowest BCUT2D eigenvalue weighted by atomic mass is 10.1. The molecule has 9 atom stereocenters. The van der Waals surface area contributed by atoms with Crippen LogP contribution >= 0.6 is 15.6 Å². The van der Waals surface area contributed by atoms with Crippen molar-refractivity contribution in [1.82, 2.24) is 34.5 Å². The number of nitrogen functional groups attached to an aromatic ring is 1. The predicted octanol–water partition coefficient (Wildman–Crippen LogP) is -2.96. The molecule has 6 rings (SSSR count). The fraction of sp³-hybridized carbons (Fsp3) is 0.444. The second-order valence-corrected chi connectivity index (χ2v) is 15.2. The number of aliphatic hydroxyl groups excluding tert-OH is 5. The van der Waals surface area contributed by atoms with E-state index in [0.717, 1.165) is 17.5 Å². The van der Waals surface area contributed by atoms with Gasteiger partial charge in [0.1, 0.15) is 60.5 Å². The minimum absolute atomic E-state index is 0.0305. The van der Waals surface area contributed by atoms with Gasteiger partial charge in [0.2, 0.25) is 5.52 Å². The number of ether oxygens (including phenoxy) is 1. The van der Waals surface area contributed by atoms with Gasteiger partial charge in [0, 0.05) is 0 Å². The van der Waals surface area contributed by atoms with Crippen LogP contribution in [0.2, 0.25) is 0 Å². The third kappa shape index (κ3) is 7.91. The molecule has 24 nitrogen and oxygen atoms in total. The van der Waals surface area contributed by atoms with Crippen molar-refractivity contribution >= 4 is 54.8 Å². The van der Waals surface area contributed by atoms with E-state index in [4.69, 9.17) is 15.0 Å². The number of benzene rings is 1. The van der Waals surface area contributed by atoms with Crippen molar-refractivity contribution < 1.29 is 67.1 Å². The van der Waals surface area contributed by atoms with E-state index in [1.807, 2.05) is 0 Å². The molecule has 2 unspecified atom stereocenters. The number of H-pyrrole nitrogens is 2. The standard InChI is InChI=1S/C27H33N9O15P2/c1-10-3-12-13(4-11(10)2)35(24-18(32-12)25(42)34-27(43)33-24)5-14(37)19(39)15(38)6-48-52(44,45)51-53(46,47)49-7-16-20(40)21(41)26(50-16)36-9-31-17-22(28)29-8-30-23(17)36/h3-4,8-9,14-16,19-21,26,37-41H,5-7H2,1-2H3,(H5,28,29,30,34,42,43,44,45,46,47)/p+1/t14-,15+,16+,19-,20-,21-,26+/m0/s1. The van der Waals surface area contributed by atoms with Crippen molar-refractivity contribution in [3.8, 4) is 0 Å². The molecule has 0 spiro atoms. The van der Waals surface area contributed by atoms with Gasteiger partial charge in [-0.2, -0.15) is 9.29 Å². The quantitative estimate of drug-likeness (QED) is 0.0324. The normalized spacial score (nSPS) is 23.3. The van der Waals surface area contributed by atoms with Crippen LogP contribution in [0.5, 0.6) is 0 Å². The van der Waals surface area contributed by atoms with Crippen LogP contribution in [0, 0.1) is 13.8 Å². The van der Waals surface area contributed by atoms with Gasteiger partial charge < -0.3 is 45.8 Å². The molecule has 5 aromatic rings. The number of hydrogen-bond acceptors (Lipinski definition) is 18. The fourth-order valence-corrected chi connectivity index (χ4v) is 7.70. The van der Waals surface area contributed by atoms with Gasteiger partial charge in [0.15, 0.2) is 23.2 Å². The van der Waals surface area contributed by atoms with Gasteiger partial charge in [-0.25, -0.2) is 38.4 Å². The molecule has 26 heteroatoms. The van der Waals surface area contributed by atoms with Crippen molar-refractivity contribution in [3.05, 3.63) is 56.8 Å². The van der Waals surface area contributed by atoms with E-state index in [-0.39, 0.29) is 28.1 Å². The Morgan fingerprint density at radius 3 is 2.42 bits per heavy atom. The zero-order valence-corrected chi connectivity index (χ0v) is 29.3. The number of rotatable bonds is 13. The fourth-order valence-electron chi connectivity index (χ4n) is 5.61. The number of aromatic nitrogens is 8. The summed E-state index contributed by atoms with van der Waals surface area (Å²) < 4.78 is 46.7. The summed E-state index contributed by atoms with van der Waals surface area (Å²) in [4.78, 5) is 65.4. The Morgan fingerprint density at radius 1 is 0.981 bits per heavy atom. The highest BCUT2D eigenvalue weighted by molar-refractivity contribution is 7.61. The number of phosphoric acid groups is 2. The Labute approximate surface area is 295 Å². The number of nitrogens with zero attached hydrogens (tertiary/aromatic N) is 6. The van der Waals surface area contributed by atoms with Gasteiger partial charge >= 0.3 is 27.0 Å². The van der Waals surface area contributed by atoms with Crippen LogP contribution in [-0.2, 0) is 33.8 Å². The number of fused-ring (bicyclic) bond motifs is 3. The van der Waals surface area contributed by atoms with E-state index in [0.29, 0.717) is 11.0 Å². The highest BCUT2D eigenvalue weighted by Crippen LogP contribution is 2.60. The number of hydrogen-bond donors (Lipinski definition) is 10. The van der Waals surface area contributed by atoms with Crippen LogP contribution < -0.4 is 21.5 Å². The lowest BCUT2D eigenvalue weighted by molar-refractivity contribution is -0.657. The molecule has 4 aromatic heterocycles. The summed E-state index contributed by atoms with van der Waals surface area (Å²) >= 11 is 0. The first-order chi connectivity index (χ1) is 24.9. The largest absolute Gasteiger partial charge is 0.481 e. The molecular weight excluding hydrogens is 752 g/mol. The molecule has 0 saturated carbocycles. The maximum absolute atomic E-state index is 12.5. The van der Waals surface area contributed by atoms with Gasteiger partial charge in [-0.15, -0.1) is 0 Å². The molecule has 5 heterocycles. The highest BCUT2D eigenvalue weighted by atomic mass is 31.3. The molecule has 1 aliphatic rings.